The Morgan fingerprint density at radius 1 is 1.09 bits per heavy atom. The Bertz CT molecular complexity index is 606. The molecule has 2 amide bonds. The van der Waals surface area contributed by atoms with E-state index in [4.69, 9.17) is 5.14 Å². The first-order valence-electron chi connectivity index (χ1n) is 8.11. The third kappa shape index (κ3) is 6.19. The third-order valence-electron chi connectivity index (χ3n) is 4.14. The summed E-state index contributed by atoms with van der Waals surface area (Å²) in [5.41, 5.74) is 0.951. The highest BCUT2D eigenvalue weighted by atomic mass is 32.2. The summed E-state index contributed by atoms with van der Waals surface area (Å²) >= 11 is 0. The van der Waals surface area contributed by atoms with Crippen LogP contribution in [0, 0.1) is 0 Å². The summed E-state index contributed by atoms with van der Waals surface area (Å²) < 4.78 is 22.3. The molecule has 1 saturated carbocycles. The Morgan fingerprint density at radius 3 is 2.26 bits per heavy atom. The first-order chi connectivity index (χ1) is 10.9. The molecule has 0 heterocycles. The van der Waals surface area contributed by atoms with Gasteiger partial charge in [0.15, 0.2) is 0 Å². The second kappa shape index (κ2) is 8.31. The van der Waals surface area contributed by atoms with E-state index >= 15 is 0 Å². The molecule has 0 aliphatic heterocycles. The zero-order valence-electron chi connectivity index (χ0n) is 13.3. The number of benzene rings is 1. The first kappa shape index (κ1) is 17.7. The lowest BCUT2D eigenvalue weighted by Gasteiger charge is -2.16. The fraction of sp³-hybridized carbons (Fsp3) is 0.562. The number of carbonyl (C=O) groups excluding carboxylic acids is 1. The van der Waals surface area contributed by atoms with Crippen LogP contribution in [0.4, 0.5) is 4.79 Å². The molecule has 23 heavy (non-hydrogen) atoms. The van der Waals surface area contributed by atoms with Gasteiger partial charge in [-0.25, -0.2) is 18.4 Å². The van der Waals surface area contributed by atoms with Crippen molar-refractivity contribution >= 4 is 16.1 Å². The maximum atomic E-state index is 11.9. The van der Waals surface area contributed by atoms with Crippen LogP contribution in [0.5, 0.6) is 0 Å². The number of rotatable bonds is 5. The zero-order valence-corrected chi connectivity index (χ0v) is 14.1. The topological polar surface area (TPSA) is 101 Å². The molecule has 1 aromatic rings. The van der Waals surface area contributed by atoms with Crippen LogP contribution in [0.1, 0.15) is 44.1 Å². The van der Waals surface area contributed by atoms with Gasteiger partial charge in [0.1, 0.15) is 0 Å². The Kier molecular flexibility index (Phi) is 6.41. The Hall–Kier alpha value is -1.60. The molecular weight excluding hydrogens is 314 g/mol. The van der Waals surface area contributed by atoms with Gasteiger partial charge < -0.3 is 10.6 Å². The van der Waals surface area contributed by atoms with Crippen molar-refractivity contribution in [3.63, 3.8) is 0 Å². The molecule has 1 aliphatic rings. The van der Waals surface area contributed by atoms with Crippen LogP contribution in [-0.4, -0.2) is 27.0 Å². The fourth-order valence-corrected chi connectivity index (χ4v) is 3.34. The normalized spacial score (nSPS) is 16.6. The monoisotopic (exact) mass is 339 g/mol. The van der Waals surface area contributed by atoms with Gasteiger partial charge in [0.05, 0.1) is 4.90 Å². The van der Waals surface area contributed by atoms with Gasteiger partial charge in [0, 0.05) is 12.6 Å². The second-order valence-electron chi connectivity index (χ2n) is 6.03. The maximum absolute atomic E-state index is 11.9. The van der Waals surface area contributed by atoms with Crippen molar-refractivity contribution in [2.45, 2.75) is 55.9 Å². The van der Waals surface area contributed by atoms with Gasteiger partial charge in [0.2, 0.25) is 10.0 Å². The molecule has 0 unspecified atom stereocenters. The van der Waals surface area contributed by atoms with E-state index in [2.05, 4.69) is 10.6 Å². The Labute approximate surface area is 137 Å². The highest BCUT2D eigenvalue weighted by Gasteiger charge is 2.14. The van der Waals surface area contributed by atoms with Crippen LogP contribution in [0.15, 0.2) is 29.2 Å². The molecule has 0 bridgehead atoms. The molecule has 6 nitrogen and oxygen atoms in total. The SMILES string of the molecule is NS(=O)(=O)c1ccc(CCNC(=O)NC2CCCCCC2)cc1. The summed E-state index contributed by atoms with van der Waals surface area (Å²) in [7, 11) is -3.65. The number of primary sulfonamides is 1. The quantitative estimate of drug-likeness (QED) is 0.714. The van der Waals surface area contributed by atoms with Crippen molar-refractivity contribution in [2.75, 3.05) is 6.54 Å². The van der Waals surface area contributed by atoms with E-state index in [-0.39, 0.29) is 17.0 Å². The molecule has 1 aliphatic carbocycles. The molecule has 128 valence electrons. The molecule has 0 aromatic heterocycles. The van der Waals surface area contributed by atoms with Gasteiger partial charge in [-0.2, -0.15) is 0 Å². The van der Waals surface area contributed by atoms with Gasteiger partial charge in [-0.05, 0) is 37.0 Å². The second-order valence-corrected chi connectivity index (χ2v) is 7.59. The third-order valence-corrected chi connectivity index (χ3v) is 5.07. The number of carbonyl (C=O) groups is 1. The van der Waals surface area contributed by atoms with Crippen molar-refractivity contribution in [3.05, 3.63) is 29.8 Å². The van der Waals surface area contributed by atoms with Crippen molar-refractivity contribution in [2.24, 2.45) is 5.14 Å². The van der Waals surface area contributed by atoms with E-state index < -0.39 is 10.0 Å². The van der Waals surface area contributed by atoms with Crippen LogP contribution >= 0.6 is 0 Å². The zero-order chi connectivity index (χ0) is 16.7. The average molecular weight is 339 g/mol. The van der Waals surface area contributed by atoms with Gasteiger partial charge in [-0.15, -0.1) is 0 Å². The number of nitrogens with two attached hydrogens (primary N) is 1. The molecule has 0 atom stereocenters. The lowest BCUT2D eigenvalue weighted by atomic mass is 10.1. The average Bonchev–Trinajstić information content (AvgIpc) is 2.75. The van der Waals surface area contributed by atoms with E-state index in [1.54, 1.807) is 12.1 Å². The van der Waals surface area contributed by atoms with Crippen molar-refractivity contribution in [1.82, 2.24) is 10.6 Å². The molecule has 1 aromatic carbocycles. The number of sulfonamides is 1. The van der Waals surface area contributed by atoms with E-state index in [0.717, 1.165) is 18.4 Å². The summed E-state index contributed by atoms with van der Waals surface area (Å²) in [5.74, 6) is 0. The van der Waals surface area contributed by atoms with Crippen LogP contribution in [0.2, 0.25) is 0 Å². The molecule has 7 heteroatoms. The molecule has 0 spiro atoms. The minimum Gasteiger partial charge on any atom is -0.338 e. The molecule has 2 rings (SSSR count). The predicted octanol–water partition coefficient (Wildman–Crippen LogP) is 1.90. The Morgan fingerprint density at radius 2 is 1.70 bits per heavy atom. The fourth-order valence-electron chi connectivity index (χ4n) is 2.83. The van der Waals surface area contributed by atoms with Crippen LogP contribution in [-0.2, 0) is 16.4 Å². The molecule has 0 saturated heterocycles. The van der Waals surface area contributed by atoms with Crippen molar-refractivity contribution in [1.29, 1.82) is 0 Å². The van der Waals surface area contributed by atoms with Crippen molar-refractivity contribution < 1.29 is 13.2 Å². The minimum absolute atomic E-state index is 0.0975. The van der Waals surface area contributed by atoms with E-state index in [0.29, 0.717) is 13.0 Å². The molecule has 0 radical (unpaired) electrons. The van der Waals surface area contributed by atoms with Crippen LogP contribution in [0.25, 0.3) is 0 Å². The van der Waals surface area contributed by atoms with Gasteiger partial charge >= 0.3 is 6.03 Å². The lowest BCUT2D eigenvalue weighted by Crippen LogP contribution is -2.42. The summed E-state index contributed by atoms with van der Waals surface area (Å²) in [6.07, 6.45) is 7.64. The largest absolute Gasteiger partial charge is 0.338 e. The maximum Gasteiger partial charge on any atom is 0.315 e. The summed E-state index contributed by atoms with van der Waals surface area (Å²) in [6.45, 7) is 0.507. The predicted molar refractivity (Wildman–Crippen MR) is 89.5 cm³/mol. The van der Waals surface area contributed by atoms with Crippen molar-refractivity contribution in [3.8, 4) is 0 Å². The number of nitrogens with one attached hydrogen (secondary N) is 2. The first-order valence-corrected chi connectivity index (χ1v) is 9.66. The number of hydrogen-bond donors (Lipinski definition) is 3. The van der Waals surface area contributed by atoms with Crippen LogP contribution in [0.3, 0.4) is 0 Å². The minimum atomic E-state index is -3.65. The van der Waals surface area contributed by atoms with Gasteiger partial charge in [0.25, 0.3) is 0 Å². The molecule has 1 fully saturated rings. The Balaban J connectivity index is 1.72. The van der Waals surface area contributed by atoms with Gasteiger partial charge in [-0.3, -0.25) is 0 Å². The number of urea groups is 1. The lowest BCUT2D eigenvalue weighted by molar-refractivity contribution is 0.235. The summed E-state index contributed by atoms with van der Waals surface area (Å²) in [5, 5.41) is 10.9. The molecule has 4 N–H and O–H groups in total. The number of amides is 2. The summed E-state index contributed by atoms with van der Waals surface area (Å²) in [4.78, 5) is 12.0. The van der Waals surface area contributed by atoms with Crippen LogP contribution < -0.4 is 15.8 Å². The van der Waals surface area contributed by atoms with E-state index in [1.807, 2.05) is 0 Å². The van der Waals surface area contributed by atoms with Gasteiger partial charge in [-0.1, -0.05) is 37.8 Å². The smallest absolute Gasteiger partial charge is 0.315 e. The standard InChI is InChI=1S/C16H25N3O3S/c17-23(21,22)15-9-7-13(8-10-15)11-12-18-16(20)19-14-5-3-1-2-4-6-14/h7-10,14H,1-6,11-12H2,(H2,17,21,22)(H2,18,19,20). The van der Waals surface area contributed by atoms with E-state index in [9.17, 15) is 13.2 Å². The summed E-state index contributed by atoms with van der Waals surface area (Å²) in [6, 6.07) is 6.55. The highest BCUT2D eigenvalue weighted by Crippen LogP contribution is 2.17. The number of hydrogen-bond acceptors (Lipinski definition) is 3. The molecular formula is C16H25N3O3S. The highest BCUT2D eigenvalue weighted by molar-refractivity contribution is 7.89. The van der Waals surface area contributed by atoms with E-state index in [1.165, 1.54) is 37.8 Å².